The smallest absolute Gasteiger partial charge is 0.0326 e. The lowest BCUT2D eigenvalue weighted by molar-refractivity contribution is -0.0240. The summed E-state index contributed by atoms with van der Waals surface area (Å²) in [6.07, 6.45) is 49.6. The zero-order valence-electron chi connectivity index (χ0n) is 47.0. The number of rotatable bonds is 24. The monoisotopic (exact) mass is 883 g/mol. The van der Waals surface area contributed by atoms with Gasteiger partial charge in [0.1, 0.15) is 0 Å². The first kappa shape index (κ1) is 61.0. The average Bonchev–Trinajstić information content (AvgIpc) is 3.34. The Labute approximate surface area is 402 Å². The molecule has 4 aliphatic carbocycles. The maximum atomic E-state index is 2.83. The molecule has 0 bridgehead atoms. The summed E-state index contributed by atoms with van der Waals surface area (Å²) in [6.45, 7) is 35.3. The highest BCUT2D eigenvalue weighted by Gasteiger charge is 2.47. The second kappa shape index (κ2) is 37.9. The topological polar surface area (TPSA) is 0 Å². The van der Waals surface area contributed by atoms with Crippen LogP contribution in [-0.2, 0) is 0 Å². The Morgan fingerprint density at radius 2 is 0.968 bits per heavy atom. The van der Waals surface area contributed by atoms with E-state index in [0.717, 1.165) is 88.8 Å². The molecule has 0 spiro atoms. The third kappa shape index (κ3) is 20.2. The molecular weight excluding hydrogens is 757 g/mol. The third-order valence-electron chi connectivity index (χ3n) is 19.1. The van der Waals surface area contributed by atoms with Crippen molar-refractivity contribution in [3.05, 3.63) is 0 Å². The van der Waals surface area contributed by atoms with E-state index in [1.165, 1.54) is 154 Å². The van der Waals surface area contributed by atoms with Gasteiger partial charge in [0.25, 0.3) is 0 Å². The van der Waals surface area contributed by atoms with Crippen LogP contribution in [-0.4, -0.2) is 0 Å². The van der Waals surface area contributed by atoms with E-state index in [1.807, 2.05) is 41.5 Å². The van der Waals surface area contributed by atoms with Crippen LogP contribution >= 0.6 is 0 Å². The summed E-state index contributed by atoms with van der Waals surface area (Å²) in [5.74, 6) is 14.6. The molecule has 4 aliphatic rings. The van der Waals surface area contributed by atoms with Crippen LogP contribution in [0.15, 0.2) is 0 Å². The molecule has 4 saturated carbocycles. The predicted molar refractivity (Wildman–Crippen MR) is 290 cm³/mol. The molecule has 0 radical (unpaired) electrons. The predicted octanol–water partition coefficient (Wildman–Crippen LogP) is 22.4. The van der Waals surface area contributed by atoms with E-state index in [0.29, 0.717) is 0 Å². The zero-order chi connectivity index (χ0) is 47.0. The van der Waals surface area contributed by atoms with Crippen LogP contribution in [0.4, 0.5) is 0 Å². The van der Waals surface area contributed by atoms with Gasteiger partial charge in [-0.3, -0.25) is 0 Å². The Hall–Kier alpha value is 0. The maximum absolute atomic E-state index is 2.83. The number of fused-ring (bicyclic) bond motifs is 1. The van der Waals surface area contributed by atoms with Crippen LogP contribution in [0.3, 0.4) is 0 Å². The van der Waals surface area contributed by atoms with Gasteiger partial charge >= 0.3 is 0 Å². The van der Waals surface area contributed by atoms with Gasteiger partial charge in [-0.15, -0.1) is 0 Å². The molecule has 0 heterocycles. The molecule has 0 aromatic heterocycles. The first-order chi connectivity index (χ1) is 30.8. The molecule has 4 rings (SSSR count). The van der Waals surface area contributed by atoms with Crippen molar-refractivity contribution in [2.45, 2.75) is 316 Å². The third-order valence-corrected chi connectivity index (χ3v) is 19.1. The largest absolute Gasteiger partial charge is 0.0683 e. The quantitative estimate of drug-likeness (QED) is 0.0906. The molecule has 0 aromatic carbocycles. The van der Waals surface area contributed by atoms with Crippen LogP contribution in [0.25, 0.3) is 0 Å². The molecule has 0 N–H and O–H groups in total. The van der Waals surface area contributed by atoms with Crippen LogP contribution in [0.2, 0.25) is 0 Å². The van der Waals surface area contributed by atoms with Crippen molar-refractivity contribution in [2.75, 3.05) is 0 Å². The SMILES string of the molecule is CC.CC.CC.CCCCC(C)C(CCC)C(CC(CC)C1CCCCCC(C)C(C(CC(CC)CC(CC)C(CC)CCC)C2CCCCC2)C2CCCCC12)C1CCCCC1. The van der Waals surface area contributed by atoms with Crippen molar-refractivity contribution in [1.82, 2.24) is 0 Å². The molecule has 378 valence electrons. The number of hydrogen-bond acceptors (Lipinski definition) is 0. The van der Waals surface area contributed by atoms with Crippen molar-refractivity contribution < 1.29 is 0 Å². The van der Waals surface area contributed by atoms with Gasteiger partial charge in [-0.1, -0.05) is 277 Å². The molecule has 63 heavy (non-hydrogen) atoms. The van der Waals surface area contributed by atoms with Gasteiger partial charge in [0, 0.05) is 0 Å². The minimum absolute atomic E-state index is 0.913. The molecular formula is C63H126. The molecule has 13 atom stereocenters. The summed E-state index contributed by atoms with van der Waals surface area (Å²) in [4.78, 5) is 0. The van der Waals surface area contributed by atoms with Crippen LogP contribution in [0, 0.1) is 88.8 Å². The highest BCUT2D eigenvalue weighted by atomic mass is 14.5. The van der Waals surface area contributed by atoms with Crippen LogP contribution in [0.1, 0.15) is 316 Å². The van der Waals surface area contributed by atoms with Gasteiger partial charge < -0.3 is 0 Å². The Balaban J connectivity index is 0.00000317. The lowest BCUT2D eigenvalue weighted by Gasteiger charge is -2.52. The summed E-state index contributed by atoms with van der Waals surface area (Å²) in [7, 11) is 0. The zero-order valence-corrected chi connectivity index (χ0v) is 47.0. The van der Waals surface area contributed by atoms with Gasteiger partial charge in [0.05, 0.1) is 0 Å². The fourth-order valence-corrected chi connectivity index (χ4v) is 15.9. The summed E-state index contributed by atoms with van der Waals surface area (Å²) in [5, 5.41) is 0. The summed E-state index contributed by atoms with van der Waals surface area (Å²) in [6, 6.07) is 0. The normalized spacial score (nSPS) is 27.8. The number of hydrogen-bond donors (Lipinski definition) is 0. The first-order valence-corrected chi connectivity index (χ1v) is 30.8. The second-order valence-corrected chi connectivity index (χ2v) is 22.4. The minimum atomic E-state index is 0.913. The fourth-order valence-electron chi connectivity index (χ4n) is 15.9. The Morgan fingerprint density at radius 1 is 0.444 bits per heavy atom. The fraction of sp³-hybridized carbons (Fsp3) is 1.00. The molecule has 13 unspecified atom stereocenters. The lowest BCUT2D eigenvalue weighted by atomic mass is 9.53. The molecule has 4 fully saturated rings. The van der Waals surface area contributed by atoms with E-state index >= 15 is 0 Å². The minimum Gasteiger partial charge on any atom is -0.0683 e. The average molecular weight is 884 g/mol. The van der Waals surface area contributed by atoms with Gasteiger partial charge in [-0.25, -0.2) is 0 Å². The van der Waals surface area contributed by atoms with Crippen LogP contribution < -0.4 is 0 Å². The summed E-state index contributed by atoms with van der Waals surface area (Å²) >= 11 is 0. The molecule has 0 heteroatoms. The Bertz CT molecular complexity index is 969. The van der Waals surface area contributed by atoms with Gasteiger partial charge in [0.15, 0.2) is 0 Å². The van der Waals surface area contributed by atoms with Gasteiger partial charge in [0.2, 0.25) is 0 Å². The van der Waals surface area contributed by atoms with E-state index < -0.39 is 0 Å². The van der Waals surface area contributed by atoms with Crippen molar-refractivity contribution in [3.8, 4) is 0 Å². The molecule has 0 saturated heterocycles. The highest BCUT2D eigenvalue weighted by Crippen LogP contribution is 2.55. The Morgan fingerprint density at radius 3 is 1.49 bits per heavy atom. The standard InChI is InChI=1S/C57H108.3C2H6/c1-10-17-31-43(8)51(30-12-3)55(49-33-22-19-23-34-49)42-48(16-7)52-37-26-18-21-32-44(9)57(54-39-28-27-38-53(52)54)56(50-35-24-20-25-36-50)41-45(13-4)40-47(15-6)46(14-5)29-11-2;3*1-2/h43-57H,10-42H2,1-9H3;3*1-2H3. The highest BCUT2D eigenvalue weighted by molar-refractivity contribution is 4.96. The van der Waals surface area contributed by atoms with Crippen molar-refractivity contribution in [1.29, 1.82) is 0 Å². The number of unbranched alkanes of at least 4 members (excludes halogenated alkanes) is 1. The first-order valence-electron chi connectivity index (χ1n) is 30.8. The van der Waals surface area contributed by atoms with Gasteiger partial charge in [-0.05, 0) is 127 Å². The van der Waals surface area contributed by atoms with E-state index in [1.54, 1.807) is 57.8 Å². The van der Waals surface area contributed by atoms with E-state index in [4.69, 9.17) is 0 Å². The summed E-state index contributed by atoms with van der Waals surface area (Å²) < 4.78 is 0. The van der Waals surface area contributed by atoms with E-state index in [-0.39, 0.29) is 0 Å². The lowest BCUT2D eigenvalue weighted by Crippen LogP contribution is -2.44. The van der Waals surface area contributed by atoms with Crippen LogP contribution in [0.5, 0.6) is 0 Å². The van der Waals surface area contributed by atoms with E-state index in [9.17, 15) is 0 Å². The molecule has 0 amide bonds. The molecule has 0 aromatic rings. The Kier molecular flexibility index (Phi) is 36.7. The maximum Gasteiger partial charge on any atom is -0.0326 e. The van der Waals surface area contributed by atoms with E-state index in [2.05, 4.69) is 62.3 Å². The van der Waals surface area contributed by atoms with Crippen molar-refractivity contribution in [2.24, 2.45) is 88.8 Å². The van der Waals surface area contributed by atoms with Gasteiger partial charge in [-0.2, -0.15) is 0 Å². The molecule has 0 nitrogen and oxygen atoms in total. The second-order valence-electron chi connectivity index (χ2n) is 22.4. The molecule has 0 aliphatic heterocycles. The van der Waals surface area contributed by atoms with Crippen molar-refractivity contribution in [3.63, 3.8) is 0 Å². The van der Waals surface area contributed by atoms with Crippen molar-refractivity contribution >= 4 is 0 Å². The summed E-state index contributed by atoms with van der Waals surface area (Å²) in [5.41, 5.74) is 0.